The summed E-state index contributed by atoms with van der Waals surface area (Å²) in [7, 11) is 0. The van der Waals surface area contributed by atoms with Crippen LogP contribution in [0.25, 0.3) is 0 Å². The molecule has 1 aromatic carbocycles. The third-order valence-electron chi connectivity index (χ3n) is 3.91. The van der Waals surface area contributed by atoms with E-state index in [0.29, 0.717) is 12.6 Å². The zero-order chi connectivity index (χ0) is 12.5. The average molecular weight is 249 g/mol. The highest BCUT2D eigenvalue weighted by Gasteiger charge is 2.28. The number of rotatable bonds is 2. The number of fused-ring (bicyclic) bond motifs is 1. The fourth-order valence-corrected chi connectivity index (χ4v) is 2.86. The molecular weight excluding hydrogens is 230 g/mol. The van der Waals surface area contributed by atoms with Crippen molar-refractivity contribution in [2.24, 2.45) is 0 Å². The molecule has 1 heterocycles. The molecule has 1 aliphatic heterocycles. The summed E-state index contributed by atoms with van der Waals surface area (Å²) in [5.74, 6) is 1.03. The fourth-order valence-electron chi connectivity index (χ4n) is 2.86. The summed E-state index contributed by atoms with van der Waals surface area (Å²) in [4.78, 5) is 0. The first-order valence-corrected chi connectivity index (χ1v) is 6.62. The molecule has 0 amide bonds. The quantitative estimate of drug-likeness (QED) is 0.747. The molecule has 1 aromatic rings. The van der Waals surface area contributed by atoms with E-state index in [4.69, 9.17) is 4.74 Å². The van der Waals surface area contributed by atoms with Crippen molar-refractivity contribution in [2.45, 2.75) is 43.9 Å². The van der Waals surface area contributed by atoms with Gasteiger partial charge in [-0.3, -0.25) is 0 Å². The van der Waals surface area contributed by atoms with Crippen LogP contribution in [0.4, 0.5) is 0 Å². The molecule has 0 bridgehead atoms. The van der Waals surface area contributed by atoms with Gasteiger partial charge in [0.05, 0.1) is 12.1 Å². The molecule has 2 aliphatic rings. The number of aliphatic hydroxyl groups excluding tert-OH is 1. The number of benzene rings is 1. The van der Waals surface area contributed by atoms with Crippen molar-refractivity contribution < 1.29 is 14.9 Å². The molecule has 1 unspecified atom stereocenters. The standard InChI is InChI=1S/C14H19NO3/c16-10-3-1-9(2-4-10)15-13-8-18-14-7-11(17)5-6-12(13)14/h5-7,9-10,13,15-17H,1-4,8H2. The first-order chi connectivity index (χ1) is 8.72. The number of ether oxygens (including phenoxy) is 1. The van der Waals surface area contributed by atoms with Crippen LogP contribution in [0.1, 0.15) is 37.3 Å². The number of hydrogen-bond donors (Lipinski definition) is 3. The van der Waals surface area contributed by atoms with E-state index >= 15 is 0 Å². The average Bonchev–Trinajstić information content (AvgIpc) is 2.74. The molecule has 1 fully saturated rings. The summed E-state index contributed by atoms with van der Waals surface area (Å²) in [6, 6.07) is 5.96. The zero-order valence-electron chi connectivity index (χ0n) is 10.3. The molecule has 0 spiro atoms. The van der Waals surface area contributed by atoms with Crippen LogP contribution < -0.4 is 10.1 Å². The van der Waals surface area contributed by atoms with Crippen LogP contribution in [-0.4, -0.2) is 29.0 Å². The van der Waals surface area contributed by atoms with E-state index in [1.807, 2.05) is 6.07 Å². The molecule has 98 valence electrons. The third kappa shape index (κ3) is 2.31. The van der Waals surface area contributed by atoms with Crippen LogP contribution in [-0.2, 0) is 0 Å². The second-order valence-corrected chi connectivity index (χ2v) is 5.26. The lowest BCUT2D eigenvalue weighted by atomic mass is 9.92. The Hall–Kier alpha value is -1.26. The summed E-state index contributed by atoms with van der Waals surface area (Å²) in [6.07, 6.45) is 3.68. The van der Waals surface area contributed by atoms with Gasteiger partial charge in [-0.15, -0.1) is 0 Å². The summed E-state index contributed by atoms with van der Waals surface area (Å²) < 4.78 is 5.58. The molecule has 0 radical (unpaired) electrons. The second-order valence-electron chi connectivity index (χ2n) is 5.26. The first-order valence-electron chi connectivity index (χ1n) is 6.62. The van der Waals surface area contributed by atoms with Gasteiger partial charge in [-0.1, -0.05) is 0 Å². The summed E-state index contributed by atoms with van der Waals surface area (Å²) in [5, 5.41) is 22.5. The lowest BCUT2D eigenvalue weighted by molar-refractivity contribution is 0.113. The molecule has 3 N–H and O–H groups in total. The molecule has 3 rings (SSSR count). The van der Waals surface area contributed by atoms with E-state index in [-0.39, 0.29) is 17.9 Å². The van der Waals surface area contributed by atoms with Gasteiger partial charge in [0.1, 0.15) is 18.1 Å². The molecule has 18 heavy (non-hydrogen) atoms. The van der Waals surface area contributed by atoms with Crippen LogP contribution in [0.15, 0.2) is 18.2 Å². The Kier molecular flexibility index (Phi) is 3.14. The molecule has 1 atom stereocenters. The van der Waals surface area contributed by atoms with Crippen LogP contribution in [0.2, 0.25) is 0 Å². The molecule has 0 aromatic heterocycles. The normalized spacial score (nSPS) is 30.8. The highest BCUT2D eigenvalue weighted by Crippen LogP contribution is 2.35. The third-order valence-corrected chi connectivity index (χ3v) is 3.91. The van der Waals surface area contributed by atoms with E-state index in [1.165, 1.54) is 0 Å². The fraction of sp³-hybridized carbons (Fsp3) is 0.571. The first kappa shape index (κ1) is 11.8. The minimum absolute atomic E-state index is 0.118. The lowest BCUT2D eigenvalue weighted by Crippen LogP contribution is -2.37. The van der Waals surface area contributed by atoms with Crippen molar-refractivity contribution in [1.82, 2.24) is 5.32 Å². The number of hydrogen-bond acceptors (Lipinski definition) is 4. The van der Waals surface area contributed by atoms with Gasteiger partial charge in [-0.25, -0.2) is 0 Å². The maximum absolute atomic E-state index is 9.50. The Morgan fingerprint density at radius 2 is 1.94 bits per heavy atom. The van der Waals surface area contributed by atoms with Crippen molar-refractivity contribution in [1.29, 1.82) is 0 Å². The second kappa shape index (κ2) is 4.78. The van der Waals surface area contributed by atoms with Crippen molar-refractivity contribution in [3.05, 3.63) is 23.8 Å². The molecule has 0 saturated heterocycles. The highest BCUT2D eigenvalue weighted by molar-refractivity contribution is 5.44. The Morgan fingerprint density at radius 1 is 1.17 bits per heavy atom. The Morgan fingerprint density at radius 3 is 2.72 bits per heavy atom. The highest BCUT2D eigenvalue weighted by atomic mass is 16.5. The maximum Gasteiger partial charge on any atom is 0.127 e. The van der Waals surface area contributed by atoms with E-state index in [9.17, 15) is 10.2 Å². The van der Waals surface area contributed by atoms with Crippen LogP contribution in [0, 0.1) is 0 Å². The van der Waals surface area contributed by atoms with Crippen LogP contribution >= 0.6 is 0 Å². The van der Waals surface area contributed by atoms with Gasteiger partial charge in [0.15, 0.2) is 0 Å². The zero-order valence-corrected chi connectivity index (χ0v) is 10.3. The van der Waals surface area contributed by atoms with Gasteiger partial charge in [0, 0.05) is 17.7 Å². The minimum Gasteiger partial charge on any atom is -0.508 e. The van der Waals surface area contributed by atoms with Crippen molar-refractivity contribution in [2.75, 3.05) is 6.61 Å². The van der Waals surface area contributed by atoms with E-state index < -0.39 is 0 Å². The monoisotopic (exact) mass is 249 g/mol. The van der Waals surface area contributed by atoms with E-state index in [0.717, 1.165) is 37.0 Å². The number of nitrogens with one attached hydrogen (secondary N) is 1. The van der Waals surface area contributed by atoms with Crippen molar-refractivity contribution in [3.63, 3.8) is 0 Å². The van der Waals surface area contributed by atoms with E-state index in [1.54, 1.807) is 12.1 Å². The lowest BCUT2D eigenvalue weighted by Gasteiger charge is -2.28. The largest absolute Gasteiger partial charge is 0.508 e. The number of phenols is 1. The van der Waals surface area contributed by atoms with Gasteiger partial charge in [0.2, 0.25) is 0 Å². The maximum atomic E-state index is 9.50. The Balaban J connectivity index is 1.66. The van der Waals surface area contributed by atoms with Gasteiger partial charge >= 0.3 is 0 Å². The smallest absolute Gasteiger partial charge is 0.127 e. The van der Waals surface area contributed by atoms with Crippen LogP contribution in [0.3, 0.4) is 0 Å². The predicted molar refractivity (Wildman–Crippen MR) is 67.7 cm³/mol. The minimum atomic E-state index is -0.118. The SMILES string of the molecule is Oc1ccc2c(c1)OCC2NC1CCC(O)CC1. The van der Waals surface area contributed by atoms with Crippen LogP contribution in [0.5, 0.6) is 11.5 Å². The Labute approximate surface area is 107 Å². The van der Waals surface area contributed by atoms with Crippen molar-refractivity contribution in [3.8, 4) is 11.5 Å². The number of phenolic OH excluding ortho intramolecular Hbond substituents is 1. The van der Waals surface area contributed by atoms with E-state index in [2.05, 4.69) is 5.32 Å². The molecule has 4 nitrogen and oxygen atoms in total. The molecule has 1 aliphatic carbocycles. The summed E-state index contributed by atoms with van der Waals surface area (Å²) in [5.41, 5.74) is 1.12. The van der Waals surface area contributed by atoms with Gasteiger partial charge in [0.25, 0.3) is 0 Å². The molecule has 4 heteroatoms. The number of aromatic hydroxyl groups is 1. The van der Waals surface area contributed by atoms with Gasteiger partial charge in [-0.05, 0) is 37.8 Å². The van der Waals surface area contributed by atoms with Crippen molar-refractivity contribution >= 4 is 0 Å². The van der Waals surface area contributed by atoms with Gasteiger partial charge < -0.3 is 20.3 Å². The topological polar surface area (TPSA) is 61.7 Å². The summed E-state index contributed by atoms with van der Waals surface area (Å²) >= 11 is 0. The molecule has 1 saturated carbocycles. The Bertz CT molecular complexity index is 427. The number of aliphatic hydroxyl groups is 1. The molecular formula is C14H19NO3. The van der Waals surface area contributed by atoms with Gasteiger partial charge in [-0.2, -0.15) is 0 Å². The summed E-state index contributed by atoms with van der Waals surface area (Å²) in [6.45, 7) is 0.623. The predicted octanol–water partition coefficient (Wildman–Crippen LogP) is 1.72.